The molecule has 2 aromatic carbocycles. The van der Waals surface area contributed by atoms with Gasteiger partial charge in [0.1, 0.15) is 0 Å². The maximum Gasteiger partial charge on any atom is 0.328 e. The van der Waals surface area contributed by atoms with E-state index in [4.69, 9.17) is 10.2 Å². The van der Waals surface area contributed by atoms with Crippen molar-refractivity contribution >= 4 is 11.9 Å². The van der Waals surface area contributed by atoms with Crippen LogP contribution in [0.5, 0.6) is 0 Å². The highest BCUT2D eigenvalue weighted by Crippen LogP contribution is 2.41. The molecule has 0 aromatic heterocycles. The van der Waals surface area contributed by atoms with Gasteiger partial charge in [0.05, 0.1) is 0 Å². The zero-order valence-electron chi connectivity index (χ0n) is 15.8. The van der Waals surface area contributed by atoms with Gasteiger partial charge in [-0.3, -0.25) is 0 Å². The fourth-order valence-corrected chi connectivity index (χ4v) is 3.35. The highest BCUT2D eigenvalue weighted by Gasteiger charge is 2.34. The molecule has 3 N–H and O–H groups in total. The second kappa shape index (κ2) is 10.2. The first kappa shape index (κ1) is 21.1. The van der Waals surface area contributed by atoms with E-state index in [9.17, 15) is 9.59 Å². The first-order valence-electron chi connectivity index (χ1n) is 9.09. The van der Waals surface area contributed by atoms with Gasteiger partial charge in [0.15, 0.2) is 0 Å². The van der Waals surface area contributed by atoms with E-state index in [0.717, 1.165) is 12.8 Å². The van der Waals surface area contributed by atoms with Crippen LogP contribution in [0.3, 0.4) is 0 Å². The molecule has 0 aliphatic heterocycles. The van der Waals surface area contributed by atoms with Crippen molar-refractivity contribution in [3.63, 3.8) is 0 Å². The second-order valence-electron chi connectivity index (χ2n) is 6.51. The van der Waals surface area contributed by atoms with Gasteiger partial charge in [0.2, 0.25) is 0 Å². The fraction of sp³-hybridized carbons (Fsp3) is 0.217. The van der Waals surface area contributed by atoms with Crippen molar-refractivity contribution in [3.05, 3.63) is 96.1 Å². The van der Waals surface area contributed by atoms with Gasteiger partial charge < -0.3 is 15.5 Å². The van der Waals surface area contributed by atoms with E-state index in [1.807, 2.05) is 7.05 Å². The van der Waals surface area contributed by atoms with Gasteiger partial charge in [-0.05, 0) is 31.0 Å². The van der Waals surface area contributed by atoms with Crippen LogP contribution >= 0.6 is 0 Å². The maximum absolute atomic E-state index is 9.55. The Labute approximate surface area is 165 Å². The average molecular weight is 379 g/mol. The van der Waals surface area contributed by atoms with Crippen LogP contribution in [-0.4, -0.2) is 35.2 Å². The van der Waals surface area contributed by atoms with Gasteiger partial charge in [-0.2, -0.15) is 0 Å². The molecule has 0 heterocycles. The lowest BCUT2D eigenvalue weighted by Gasteiger charge is -2.37. The van der Waals surface area contributed by atoms with Crippen LogP contribution in [0.2, 0.25) is 0 Å². The van der Waals surface area contributed by atoms with E-state index in [-0.39, 0.29) is 5.41 Å². The molecule has 5 heteroatoms. The summed E-state index contributed by atoms with van der Waals surface area (Å²) in [5.41, 5.74) is 2.80. The zero-order valence-corrected chi connectivity index (χ0v) is 15.8. The molecule has 2 aromatic rings. The Bertz CT molecular complexity index is 773. The Morgan fingerprint density at radius 3 is 1.71 bits per heavy atom. The number of carbonyl (C=O) groups is 2. The summed E-state index contributed by atoms with van der Waals surface area (Å²) in [6.07, 6.45) is 8.14. The maximum atomic E-state index is 9.55. The molecule has 0 saturated heterocycles. The van der Waals surface area contributed by atoms with Gasteiger partial charge in [0, 0.05) is 23.6 Å². The van der Waals surface area contributed by atoms with Crippen molar-refractivity contribution in [2.75, 3.05) is 7.05 Å². The summed E-state index contributed by atoms with van der Waals surface area (Å²) < 4.78 is 0. The van der Waals surface area contributed by atoms with Crippen molar-refractivity contribution in [2.45, 2.75) is 24.3 Å². The van der Waals surface area contributed by atoms with Gasteiger partial charge >= 0.3 is 11.9 Å². The van der Waals surface area contributed by atoms with Crippen LogP contribution in [0, 0.1) is 0 Å². The summed E-state index contributed by atoms with van der Waals surface area (Å²) in [6.45, 7) is 0. The molecular weight excluding hydrogens is 354 g/mol. The average Bonchev–Trinajstić information content (AvgIpc) is 2.74. The predicted molar refractivity (Wildman–Crippen MR) is 109 cm³/mol. The number of nitrogens with one attached hydrogen (secondary N) is 1. The normalized spacial score (nSPS) is 17.5. The summed E-state index contributed by atoms with van der Waals surface area (Å²) in [5, 5.41) is 19.0. The SMILES string of the molecule is CNC1C=CC(c2ccccc2)(c2ccccc2)CC1.O=C(O)/C=C\C(=O)O. The number of likely N-dealkylation sites (N-methyl/N-ethyl adjacent to an activating group) is 1. The van der Waals surface area contributed by atoms with E-state index in [2.05, 4.69) is 78.1 Å². The van der Waals surface area contributed by atoms with Crippen LogP contribution in [0.4, 0.5) is 0 Å². The number of allylic oxidation sites excluding steroid dienone is 1. The minimum Gasteiger partial charge on any atom is -0.478 e. The number of carboxylic acid groups (broad SMARTS) is 2. The molecule has 5 nitrogen and oxygen atoms in total. The van der Waals surface area contributed by atoms with Gasteiger partial charge in [-0.1, -0.05) is 72.8 Å². The Morgan fingerprint density at radius 1 is 0.929 bits per heavy atom. The summed E-state index contributed by atoms with van der Waals surface area (Å²) in [7, 11) is 2.03. The first-order chi connectivity index (χ1) is 13.5. The Morgan fingerprint density at radius 2 is 1.39 bits per heavy atom. The molecule has 0 radical (unpaired) electrons. The topological polar surface area (TPSA) is 86.6 Å². The first-order valence-corrected chi connectivity index (χ1v) is 9.09. The van der Waals surface area contributed by atoms with E-state index in [0.29, 0.717) is 18.2 Å². The predicted octanol–water partition coefficient (Wildman–Crippen LogP) is 3.62. The molecule has 146 valence electrons. The summed E-state index contributed by atoms with van der Waals surface area (Å²) in [5.74, 6) is -2.51. The lowest BCUT2D eigenvalue weighted by atomic mass is 9.68. The van der Waals surface area contributed by atoms with Crippen molar-refractivity contribution in [1.29, 1.82) is 0 Å². The van der Waals surface area contributed by atoms with E-state index in [1.54, 1.807) is 0 Å². The molecule has 3 rings (SSSR count). The molecule has 0 amide bonds. The van der Waals surface area contributed by atoms with Crippen molar-refractivity contribution in [1.82, 2.24) is 5.32 Å². The fourth-order valence-electron chi connectivity index (χ4n) is 3.35. The molecule has 1 aliphatic carbocycles. The third-order valence-electron chi connectivity index (χ3n) is 4.78. The second-order valence-corrected chi connectivity index (χ2v) is 6.51. The molecular formula is C23H25NO4. The monoisotopic (exact) mass is 379 g/mol. The van der Waals surface area contributed by atoms with Crippen LogP contribution in [0.15, 0.2) is 85.0 Å². The number of carboxylic acids is 2. The minimum atomic E-state index is -1.26. The lowest BCUT2D eigenvalue weighted by molar-refractivity contribution is -0.134. The number of hydrogen-bond donors (Lipinski definition) is 3. The molecule has 1 unspecified atom stereocenters. The van der Waals surface area contributed by atoms with Gasteiger partial charge in [-0.25, -0.2) is 9.59 Å². The van der Waals surface area contributed by atoms with Crippen LogP contribution in [0.1, 0.15) is 24.0 Å². The standard InChI is InChI=1S/C19H21N.C4H4O4/c1-20-18-12-14-19(15-13-18,16-8-4-2-5-9-16)17-10-6-3-7-11-17;5-3(6)1-2-4(7)8/h2-12,14,18,20H,13,15H2,1H3;1-2H,(H,5,6)(H,7,8)/b;2-1-. The third kappa shape index (κ3) is 5.66. The Balaban J connectivity index is 0.000000300. The minimum absolute atomic E-state index is 0.0237. The quantitative estimate of drug-likeness (QED) is 0.546. The Hall–Kier alpha value is -3.18. The molecule has 0 saturated carbocycles. The van der Waals surface area contributed by atoms with Crippen molar-refractivity contribution < 1.29 is 19.8 Å². The number of benzene rings is 2. The van der Waals surface area contributed by atoms with Crippen molar-refractivity contribution in [3.8, 4) is 0 Å². The molecule has 0 bridgehead atoms. The van der Waals surface area contributed by atoms with Crippen LogP contribution in [-0.2, 0) is 15.0 Å². The van der Waals surface area contributed by atoms with Crippen LogP contribution in [0.25, 0.3) is 0 Å². The Kier molecular flexibility index (Phi) is 7.72. The molecule has 1 atom stereocenters. The highest BCUT2D eigenvalue weighted by molar-refractivity contribution is 5.89. The number of aliphatic carboxylic acids is 2. The molecule has 0 fully saturated rings. The zero-order chi connectivity index (χ0) is 20.4. The van der Waals surface area contributed by atoms with E-state index in [1.165, 1.54) is 11.1 Å². The van der Waals surface area contributed by atoms with E-state index < -0.39 is 11.9 Å². The summed E-state index contributed by atoms with van der Waals surface area (Å²) >= 11 is 0. The highest BCUT2D eigenvalue weighted by atomic mass is 16.4. The van der Waals surface area contributed by atoms with Gasteiger partial charge in [0.25, 0.3) is 0 Å². The molecule has 1 aliphatic rings. The third-order valence-corrected chi connectivity index (χ3v) is 4.78. The van der Waals surface area contributed by atoms with Crippen molar-refractivity contribution in [2.24, 2.45) is 0 Å². The molecule has 0 spiro atoms. The van der Waals surface area contributed by atoms with Crippen LogP contribution < -0.4 is 5.32 Å². The van der Waals surface area contributed by atoms with E-state index >= 15 is 0 Å². The summed E-state index contributed by atoms with van der Waals surface area (Å²) in [6, 6.07) is 22.2. The summed E-state index contributed by atoms with van der Waals surface area (Å²) in [4.78, 5) is 19.1. The number of hydrogen-bond acceptors (Lipinski definition) is 3. The smallest absolute Gasteiger partial charge is 0.328 e. The number of rotatable bonds is 5. The lowest BCUT2D eigenvalue weighted by Crippen LogP contribution is -2.35. The van der Waals surface area contributed by atoms with Gasteiger partial charge in [-0.15, -0.1) is 0 Å². The molecule has 28 heavy (non-hydrogen) atoms. The largest absolute Gasteiger partial charge is 0.478 e.